The summed E-state index contributed by atoms with van der Waals surface area (Å²) in [5.41, 5.74) is 10.3. The van der Waals surface area contributed by atoms with Crippen LogP contribution in [-0.4, -0.2) is 22.8 Å². The van der Waals surface area contributed by atoms with Gasteiger partial charge >= 0.3 is 5.97 Å². The second kappa shape index (κ2) is 6.45. The Labute approximate surface area is 108 Å². The summed E-state index contributed by atoms with van der Waals surface area (Å²) in [5.74, 6) is -1.14. The summed E-state index contributed by atoms with van der Waals surface area (Å²) in [6.07, 6.45) is 0.0671. The number of hydrogen-bond acceptors (Lipinski definition) is 6. The molecule has 0 spiro atoms. The Morgan fingerprint density at radius 2 is 1.89 bits per heavy atom. The van der Waals surface area contributed by atoms with Crippen LogP contribution in [0.1, 0.15) is 12.8 Å². The molecular formula is C11H13N3O5. The molecule has 0 aliphatic heterocycles. The zero-order valence-corrected chi connectivity index (χ0v) is 9.94. The van der Waals surface area contributed by atoms with Crippen LogP contribution in [0.15, 0.2) is 24.3 Å². The normalized spacial score (nSPS) is 11.6. The first-order valence-corrected chi connectivity index (χ1v) is 5.40. The van der Waals surface area contributed by atoms with Crippen molar-refractivity contribution in [2.24, 2.45) is 11.5 Å². The van der Waals surface area contributed by atoms with Crippen molar-refractivity contribution < 1.29 is 19.2 Å². The van der Waals surface area contributed by atoms with Crippen LogP contribution in [0.5, 0.6) is 5.75 Å². The average molecular weight is 267 g/mol. The number of amides is 1. The third kappa shape index (κ3) is 4.72. The molecule has 1 amide bonds. The van der Waals surface area contributed by atoms with E-state index in [2.05, 4.69) is 0 Å². The Bertz CT molecular complexity index is 486. The maximum atomic E-state index is 11.5. The number of carbonyl (C=O) groups is 2. The van der Waals surface area contributed by atoms with E-state index < -0.39 is 22.8 Å². The number of benzene rings is 1. The molecule has 0 saturated carbocycles. The van der Waals surface area contributed by atoms with E-state index in [-0.39, 0.29) is 24.3 Å². The molecule has 1 unspecified atom stereocenters. The summed E-state index contributed by atoms with van der Waals surface area (Å²) >= 11 is 0. The molecule has 0 saturated heterocycles. The maximum absolute atomic E-state index is 11.5. The molecule has 8 heteroatoms. The van der Waals surface area contributed by atoms with Crippen molar-refractivity contribution in [3.63, 3.8) is 0 Å². The van der Waals surface area contributed by atoms with E-state index >= 15 is 0 Å². The third-order valence-electron chi connectivity index (χ3n) is 2.27. The molecule has 0 heterocycles. The largest absolute Gasteiger partial charge is 0.425 e. The Kier molecular flexibility index (Phi) is 4.95. The minimum Gasteiger partial charge on any atom is -0.425 e. The number of rotatable bonds is 6. The zero-order valence-electron chi connectivity index (χ0n) is 9.94. The van der Waals surface area contributed by atoms with Gasteiger partial charge in [-0.2, -0.15) is 0 Å². The number of ether oxygens (including phenoxy) is 1. The van der Waals surface area contributed by atoms with Crippen LogP contribution in [0, 0.1) is 10.1 Å². The van der Waals surface area contributed by atoms with Gasteiger partial charge in [0, 0.05) is 18.6 Å². The number of nitro benzene ring substituents is 1. The fourth-order valence-electron chi connectivity index (χ4n) is 1.24. The minimum absolute atomic E-state index is 0.0173. The zero-order chi connectivity index (χ0) is 14.4. The first-order valence-electron chi connectivity index (χ1n) is 5.40. The molecule has 0 radical (unpaired) electrons. The van der Waals surface area contributed by atoms with Gasteiger partial charge in [0.25, 0.3) is 5.69 Å². The van der Waals surface area contributed by atoms with E-state index in [4.69, 9.17) is 16.2 Å². The van der Waals surface area contributed by atoms with Crippen molar-refractivity contribution in [3.05, 3.63) is 34.4 Å². The Hall–Kier alpha value is -2.48. The highest BCUT2D eigenvalue weighted by Crippen LogP contribution is 2.17. The second-order valence-corrected chi connectivity index (χ2v) is 3.78. The number of hydrogen-bond donors (Lipinski definition) is 2. The molecule has 0 fully saturated rings. The predicted molar refractivity (Wildman–Crippen MR) is 65.1 cm³/mol. The summed E-state index contributed by atoms with van der Waals surface area (Å²) in [5, 5.41) is 10.4. The highest BCUT2D eigenvalue weighted by atomic mass is 16.6. The lowest BCUT2D eigenvalue weighted by Crippen LogP contribution is -2.35. The van der Waals surface area contributed by atoms with Crippen LogP contribution < -0.4 is 16.2 Å². The van der Waals surface area contributed by atoms with Gasteiger partial charge in [0.05, 0.1) is 4.92 Å². The molecule has 1 atom stereocenters. The van der Waals surface area contributed by atoms with E-state index in [1.54, 1.807) is 0 Å². The first-order chi connectivity index (χ1) is 8.90. The number of non-ortho nitro benzene ring substituents is 1. The van der Waals surface area contributed by atoms with Gasteiger partial charge in [0.15, 0.2) is 0 Å². The van der Waals surface area contributed by atoms with Gasteiger partial charge in [-0.05, 0) is 18.6 Å². The quantitative estimate of drug-likeness (QED) is 0.324. The van der Waals surface area contributed by atoms with Gasteiger partial charge in [-0.3, -0.25) is 14.9 Å². The maximum Gasteiger partial charge on any atom is 0.328 e. The summed E-state index contributed by atoms with van der Waals surface area (Å²) in [6.45, 7) is 0. The van der Waals surface area contributed by atoms with Gasteiger partial charge in [-0.1, -0.05) is 0 Å². The molecule has 0 aliphatic rings. The van der Waals surface area contributed by atoms with Crippen LogP contribution in [0.25, 0.3) is 0 Å². The first kappa shape index (κ1) is 14.6. The number of nitrogens with two attached hydrogens (primary N) is 2. The van der Waals surface area contributed by atoms with Crippen LogP contribution >= 0.6 is 0 Å². The number of esters is 1. The van der Waals surface area contributed by atoms with Crippen molar-refractivity contribution >= 4 is 17.6 Å². The van der Waals surface area contributed by atoms with Crippen molar-refractivity contribution in [2.75, 3.05) is 0 Å². The standard InChI is InChI=1S/C11H13N3O5/c12-9(5-6-10(13)15)11(16)19-8-3-1-7(2-4-8)14(17)18/h1-4,9H,5-6,12H2,(H2,13,15). The Morgan fingerprint density at radius 3 is 2.37 bits per heavy atom. The van der Waals surface area contributed by atoms with Crippen molar-refractivity contribution in [2.45, 2.75) is 18.9 Å². The van der Waals surface area contributed by atoms with Crippen LogP contribution in [-0.2, 0) is 9.59 Å². The number of carbonyl (C=O) groups excluding carboxylic acids is 2. The molecule has 4 N–H and O–H groups in total. The fraction of sp³-hybridized carbons (Fsp3) is 0.273. The lowest BCUT2D eigenvalue weighted by Gasteiger charge is -2.09. The Balaban J connectivity index is 2.56. The molecule has 19 heavy (non-hydrogen) atoms. The van der Waals surface area contributed by atoms with Crippen LogP contribution in [0.3, 0.4) is 0 Å². The SMILES string of the molecule is NC(=O)CCC(N)C(=O)Oc1ccc([N+](=O)[O-])cc1. The molecule has 1 aromatic carbocycles. The van der Waals surface area contributed by atoms with Crippen molar-refractivity contribution in [3.8, 4) is 5.75 Å². The molecule has 1 aromatic rings. The van der Waals surface area contributed by atoms with E-state index in [1.807, 2.05) is 0 Å². The van der Waals surface area contributed by atoms with Gasteiger partial charge < -0.3 is 16.2 Å². The molecule has 0 bridgehead atoms. The van der Waals surface area contributed by atoms with Crippen LogP contribution in [0.4, 0.5) is 5.69 Å². The predicted octanol–water partition coefficient (Wildman–Crippen LogP) is 0.0930. The topological polar surface area (TPSA) is 139 Å². The van der Waals surface area contributed by atoms with Gasteiger partial charge in [-0.15, -0.1) is 0 Å². The summed E-state index contributed by atoms with van der Waals surface area (Å²) in [7, 11) is 0. The minimum atomic E-state index is -0.970. The molecule has 1 rings (SSSR count). The van der Waals surface area contributed by atoms with Crippen molar-refractivity contribution in [1.29, 1.82) is 0 Å². The number of nitrogens with zero attached hydrogens (tertiary/aromatic N) is 1. The molecule has 8 nitrogen and oxygen atoms in total. The van der Waals surface area contributed by atoms with E-state index in [0.29, 0.717) is 0 Å². The summed E-state index contributed by atoms with van der Waals surface area (Å²) in [6, 6.07) is 4.02. The Morgan fingerprint density at radius 1 is 1.32 bits per heavy atom. The van der Waals surface area contributed by atoms with Gasteiger partial charge in [-0.25, -0.2) is 4.79 Å². The highest BCUT2D eigenvalue weighted by molar-refractivity contribution is 5.79. The van der Waals surface area contributed by atoms with E-state index in [9.17, 15) is 19.7 Å². The molecular weight excluding hydrogens is 254 g/mol. The van der Waals surface area contributed by atoms with Gasteiger partial charge in [0.2, 0.25) is 5.91 Å². The third-order valence-corrected chi connectivity index (χ3v) is 2.27. The summed E-state index contributed by atoms with van der Waals surface area (Å²) < 4.78 is 4.90. The molecule has 0 aromatic heterocycles. The lowest BCUT2D eigenvalue weighted by molar-refractivity contribution is -0.384. The van der Waals surface area contributed by atoms with Gasteiger partial charge in [0.1, 0.15) is 11.8 Å². The lowest BCUT2D eigenvalue weighted by atomic mass is 10.1. The smallest absolute Gasteiger partial charge is 0.328 e. The van der Waals surface area contributed by atoms with Crippen molar-refractivity contribution in [1.82, 2.24) is 0 Å². The van der Waals surface area contributed by atoms with Crippen LogP contribution in [0.2, 0.25) is 0 Å². The number of nitro groups is 1. The second-order valence-electron chi connectivity index (χ2n) is 3.78. The molecule has 102 valence electrons. The monoisotopic (exact) mass is 267 g/mol. The van der Waals surface area contributed by atoms with E-state index in [1.165, 1.54) is 24.3 Å². The fourth-order valence-corrected chi connectivity index (χ4v) is 1.24. The highest BCUT2D eigenvalue weighted by Gasteiger charge is 2.17. The average Bonchev–Trinajstić information content (AvgIpc) is 2.36. The molecule has 0 aliphatic carbocycles. The van der Waals surface area contributed by atoms with E-state index in [0.717, 1.165) is 0 Å². The summed E-state index contributed by atoms with van der Waals surface area (Å²) in [4.78, 5) is 31.9. The number of primary amides is 1.